The molecule has 5 nitrogen and oxygen atoms in total. The second-order valence-electron chi connectivity index (χ2n) is 4.75. The SMILES string of the molecule is C=CCOC(C)C1(C(=O)O)CCCCC1C(=O)O. The topological polar surface area (TPSA) is 83.8 Å². The van der Waals surface area contributed by atoms with Crippen LogP contribution in [-0.4, -0.2) is 34.9 Å². The molecule has 1 saturated carbocycles. The van der Waals surface area contributed by atoms with Gasteiger partial charge >= 0.3 is 11.9 Å². The van der Waals surface area contributed by atoms with Crippen molar-refractivity contribution in [2.24, 2.45) is 11.3 Å². The highest BCUT2D eigenvalue weighted by atomic mass is 16.5. The van der Waals surface area contributed by atoms with Crippen molar-refractivity contribution in [3.05, 3.63) is 12.7 Å². The van der Waals surface area contributed by atoms with Gasteiger partial charge in [0.15, 0.2) is 0 Å². The molecule has 0 aliphatic heterocycles. The van der Waals surface area contributed by atoms with E-state index in [4.69, 9.17) is 4.74 Å². The summed E-state index contributed by atoms with van der Waals surface area (Å²) in [5.41, 5.74) is -1.33. The second-order valence-corrected chi connectivity index (χ2v) is 4.75. The number of carboxylic acids is 2. The van der Waals surface area contributed by atoms with E-state index in [1.54, 1.807) is 6.92 Å². The maximum absolute atomic E-state index is 11.6. The van der Waals surface area contributed by atoms with Crippen LogP contribution in [0.3, 0.4) is 0 Å². The molecule has 0 spiro atoms. The Hall–Kier alpha value is -1.36. The van der Waals surface area contributed by atoms with Gasteiger partial charge in [-0.25, -0.2) is 0 Å². The Kier molecular flexibility index (Phi) is 4.90. The van der Waals surface area contributed by atoms with E-state index in [1.807, 2.05) is 0 Å². The van der Waals surface area contributed by atoms with E-state index in [0.717, 1.165) is 12.8 Å². The summed E-state index contributed by atoms with van der Waals surface area (Å²) in [6.45, 7) is 5.37. The molecular formula is C13H20O5. The van der Waals surface area contributed by atoms with Crippen LogP contribution in [0.25, 0.3) is 0 Å². The molecule has 0 radical (unpaired) electrons. The molecule has 5 heteroatoms. The highest BCUT2D eigenvalue weighted by Crippen LogP contribution is 2.45. The predicted molar refractivity (Wildman–Crippen MR) is 65.3 cm³/mol. The Morgan fingerprint density at radius 2 is 2.17 bits per heavy atom. The number of ether oxygens (including phenoxy) is 1. The van der Waals surface area contributed by atoms with Crippen LogP contribution in [0.1, 0.15) is 32.6 Å². The van der Waals surface area contributed by atoms with E-state index >= 15 is 0 Å². The Morgan fingerprint density at radius 1 is 1.50 bits per heavy atom. The van der Waals surface area contributed by atoms with Gasteiger partial charge < -0.3 is 14.9 Å². The van der Waals surface area contributed by atoms with Gasteiger partial charge in [0.2, 0.25) is 0 Å². The third kappa shape index (κ3) is 2.56. The molecule has 1 aliphatic carbocycles. The molecule has 0 aromatic heterocycles. The fourth-order valence-corrected chi connectivity index (χ4v) is 2.82. The van der Waals surface area contributed by atoms with Gasteiger partial charge in [0.25, 0.3) is 0 Å². The maximum Gasteiger partial charge on any atom is 0.313 e. The van der Waals surface area contributed by atoms with E-state index in [2.05, 4.69) is 6.58 Å². The summed E-state index contributed by atoms with van der Waals surface area (Å²) in [5, 5.41) is 18.8. The van der Waals surface area contributed by atoms with Crippen LogP contribution >= 0.6 is 0 Å². The van der Waals surface area contributed by atoms with Gasteiger partial charge in [0.1, 0.15) is 5.41 Å². The standard InChI is InChI=1S/C13H20O5/c1-3-8-18-9(2)13(12(16)17)7-5-4-6-10(13)11(14)15/h3,9-10H,1,4-8H2,2H3,(H,14,15)(H,16,17). The van der Waals surface area contributed by atoms with Crippen molar-refractivity contribution in [1.82, 2.24) is 0 Å². The summed E-state index contributed by atoms with van der Waals surface area (Å²) in [5.74, 6) is -3.01. The molecule has 1 fully saturated rings. The minimum atomic E-state index is -1.33. The van der Waals surface area contributed by atoms with Crippen LogP contribution in [0.2, 0.25) is 0 Å². The number of carboxylic acid groups (broad SMARTS) is 2. The van der Waals surface area contributed by atoms with E-state index in [-0.39, 0.29) is 6.61 Å². The highest BCUT2D eigenvalue weighted by Gasteiger charge is 2.54. The maximum atomic E-state index is 11.6. The minimum absolute atomic E-state index is 0.225. The average molecular weight is 256 g/mol. The predicted octanol–water partition coefficient (Wildman–Crippen LogP) is 1.92. The van der Waals surface area contributed by atoms with Crippen LogP contribution < -0.4 is 0 Å². The summed E-state index contributed by atoms with van der Waals surface area (Å²) < 4.78 is 5.41. The lowest BCUT2D eigenvalue weighted by Gasteiger charge is -2.42. The Morgan fingerprint density at radius 3 is 2.67 bits per heavy atom. The molecule has 2 N–H and O–H groups in total. The van der Waals surface area contributed by atoms with Gasteiger partial charge in [-0.15, -0.1) is 6.58 Å². The van der Waals surface area contributed by atoms with Gasteiger partial charge in [0, 0.05) is 0 Å². The van der Waals surface area contributed by atoms with Gasteiger partial charge in [-0.3, -0.25) is 9.59 Å². The fourth-order valence-electron chi connectivity index (χ4n) is 2.82. The zero-order chi connectivity index (χ0) is 13.8. The van der Waals surface area contributed by atoms with Crippen LogP contribution in [-0.2, 0) is 14.3 Å². The van der Waals surface area contributed by atoms with Crippen molar-refractivity contribution in [3.8, 4) is 0 Å². The van der Waals surface area contributed by atoms with E-state index in [9.17, 15) is 19.8 Å². The summed E-state index contributed by atoms with van der Waals surface area (Å²) in [6, 6.07) is 0. The van der Waals surface area contributed by atoms with E-state index in [1.165, 1.54) is 6.08 Å². The van der Waals surface area contributed by atoms with Crippen molar-refractivity contribution >= 4 is 11.9 Å². The first kappa shape index (κ1) is 14.7. The Balaban J connectivity index is 3.05. The lowest BCUT2D eigenvalue weighted by atomic mass is 9.63. The third-order valence-corrected chi connectivity index (χ3v) is 3.84. The monoisotopic (exact) mass is 256 g/mol. The van der Waals surface area contributed by atoms with Gasteiger partial charge in [0.05, 0.1) is 18.6 Å². The molecular weight excluding hydrogens is 236 g/mol. The normalized spacial score (nSPS) is 29.5. The summed E-state index contributed by atoms with van der Waals surface area (Å²) >= 11 is 0. The smallest absolute Gasteiger partial charge is 0.313 e. The molecule has 18 heavy (non-hydrogen) atoms. The van der Waals surface area contributed by atoms with Gasteiger partial charge in [-0.2, -0.15) is 0 Å². The van der Waals surface area contributed by atoms with Crippen molar-refractivity contribution in [2.75, 3.05) is 6.61 Å². The quantitative estimate of drug-likeness (QED) is 0.709. The average Bonchev–Trinajstić information content (AvgIpc) is 2.35. The van der Waals surface area contributed by atoms with Crippen molar-refractivity contribution in [1.29, 1.82) is 0 Å². The number of hydrogen-bond donors (Lipinski definition) is 2. The van der Waals surface area contributed by atoms with E-state index in [0.29, 0.717) is 12.8 Å². The zero-order valence-electron chi connectivity index (χ0n) is 10.6. The first-order chi connectivity index (χ1) is 8.46. The van der Waals surface area contributed by atoms with Gasteiger partial charge in [-0.1, -0.05) is 18.9 Å². The minimum Gasteiger partial charge on any atom is -0.481 e. The number of rotatable bonds is 6. The van der Waals surface area contributed by atoms with Crippen LogP contribution in [0.4, 0.5) is 0 Å². The molecule has 3 unspecified atom stereocenters. The molecule has 0 saturated heterocycles. The Labute approximate surface area is 106 Å². The third-order valence-electron chi connectivity index (χ3n) is 3.84. The first-order valence-corrected chi connectivity index (χ1v) is 6.15. The fraction of sp³-hybridized carbons (Fsp3) is 0.692. The molecule has 0 aromatic carbocycles. The Bertz CT molecular complexity index is 338. The molecule has 0 bridgehead atoms. The van der Waals surface area contributed by atoms with Crippen molar-refractivity contribution in [3.63, 3.8) is 0 Å². The molecule has 0 heterocycles. The van der Waals surface area contributed by atoms with Crippen LogP contribution in [0.15, 0.2) is 12.7 Å². The van der Waals surface area contributed by atoms with Crippen LogP contribution in [0, 0.1) is 11.3 Å². The summed E-state index contributed by atoms with van der Waals surface area (Å²) in [4.78, 5) is 22.9. The molecule has 1 aliphatic rings. The largest absolute Gasteiger partial charge is 0.481 e. The van der Waals surface area contributed by atoms with Crippen molar-refractivity contribution < 1.29 is 24.5 Å². The zero-order valence-corrected chi connectivity index (χ0v) is 10.6. The lowest BCUT2D eigenvalue weighted by Crippen LogP contribution is -2.52. The van der Waals surface area contributed by atoms with Crippen LogP contribution in [0.5, 0.6) is 0 Å². The number of carbonyl (C=O) groups is 2. The van der Waals surface area contributed by atoms with Crippen molar-refractivity contribution in [2.45, 2.75) is 38.7 Å². The highest BCUT2D eigenvalue weighted by molar-refractivity contribution is 5.84. The molecule has 1 rings (SSSR count). The molecule has 0 aromatic rings. The summed E-state index contributed by atoms with van der Waals surface area (Å²) in [6.07, 6.45) is 3.10. The van der Waals surface area contributed by atoms with E-state index < -0.39 is 29.4 Å². The number of aliphatic carboxylic acids is 2. The first-order valence-electron chi connectivity index (χ1n) is 6.15. The number of hydrogen-bond acceptors (Lipinski definition) is 3. The molecule has 3 atom stereocenters. The second kappa shape index (κ2) is 6.00. The molecule has 0 amide bonds. The lowest BCUT2D eigenvalue weighted by molar-refractivity contribution is -0.179. The van der Waals surface area contributed by atoms with Gasteiger partial charge in [-0.05, 0) is 19.8 Å². The molecule has 102 valence electrons. The summed E-state index contributed by atoms with van der Waals surface area (Å²) in [7, 11) is 0.